The third-order valence-corrected chi connectivity index (χ3v) is 2.85. The fraction of sp³-hybridized carbons (Fsp3) is 0.222. The Hall–Kier alpha value is -3.00. The van der Waals surface area contributed by atoms with Crippen molar-refractivity contribution in [2.75, 3.05) is 14.2 Å². The number of hydrogen-bond donors (Lipinski definition) is 2. The normalized spacial score (nSPS) is 10.0. The number of hydrogen-bond acceptors (Lipinski definition) is 4. The number of nitrogens with one attached hydrogen (secondary N) is 1. The summed E-state index contributed by atoms with van der Waals surface area (Å²) in [5.74, 6) is -3.58. The summed E-state index contributed by atoms with van der Waals surface area (Å²) in [5, 5.41) is 23.0. The Labute approximate surface area is 150 Å². The van der Waals surface area contributed by atoms with Gasteiger partial charge in [-0.3, -0.25) is 0 Å². The number of rotatable bonds is 3. The molecule has 26 heavy (non-hydrogen) atoms. The van der Waals surface area contributed by atoms with Crippen LogP contribution in [-0.2, 0) is 9.53 Å². The van der Waals surface area contributed by atoms with Gasteiger partial charge in [-0.1, -0.05) is 13.8 Å². The number of phenolic OH excluding ortho intramolecular Hbond substituents is 1. The highest BCUT2D eigenvalue weighted by Crippen LogP contribution is 2.26. The molecule has 0 atom stereocenters. The van der Waals surface area contributed by atoms with Gasteiger partial charge in [0.15, 0.2) is 11.6 Å². The van der Waals surface area contributed by atoms with Crippen LogP contribution in [0, 0.1) is 17.0 Å². The van der Waals surface area contributed by atoms with Gasteiger partial charge in [0.2, 0.25) is 0 Å². The lowest BCUT2D eigenvalue weighted by Gasteiger charge is -2.10. The Morgan fingerprint density at radius 3 is 2.27 bits per heavy atom. The molecule has 0 saturated heterocycles. The molecule has 6 nitrogen and oxygen atoms in total. The van der Waals surface area contributed by atoms with Crippen LogP contribution >= 0.6 is 0 Å². The molecule has 2 aromatic rings. The Kier molecular flexibility index (Phi) is 10.2. The molecule has 1 aromatic carbocycles. The largest absolute Gasteiger partial charge is 0.504 e. The fourth-order valence-electron chi connectivity index (χ4n) is 1.77. The van der Waals surface area contributed by atoms with Crippen LogP contribution in [0.25, 0.3) is 11.8 Å². The Bertz CT molecular complexity index is 797. The molecule has 0 saturated carbocycles. The monoisotopic (exact) mass is 369 g/mol. The first-order valence-corrected chi connectivity index (χ1v) is 7.63. The minimum absolute atomic E-state index is 0.0807. The summed E-state index contributed by atoms with van der Waals surface area (Å²) in [6.45, 7) is 4.00. The van der Waals surface area contributed by atoms with Crippen molar-refractivity contribution < 1.29 is 28.5 Å². The van der Waals surface area contributed by atoms with E-state index >= 15 is 0 Å². The van der Waals surface area contributed by atoms with Crippen molar-refractivity contribution >= 4 is 17.7 Å². The molecule has 142 valence electrons. The number of carbonyl (C=O) groups excluding carboxylic acids is 1. The second-order valence-electron chi connectivity index (χ2n) is 4.34. The first kappa shape index (κ1) is 23.0. The average Bonchev–Trinajstić information content (AvgIpc) is 2.67. The van der Waals surface area contributed by atoms with Gasteiger partial charge < -0.3 is 24.9 Å². The molecule has 1 heterocycles. The van der Waals surface area contributed by atoms with Crippen molar-refractivity contribution in [1.82, 2.24) is 4.57 Å². The van der Waals surface area contributed by atoms with Crippen LogP contribution in [0.4, 0.5) is 8.78 Å². The zero-order valence-corrected chi connectivity index (χ0v) is 15.0. The highest BCUT2D eigenvalue weighted by atomic mass is 19.1. The molecule has 4 N–H and O–H groups in total. The van der Waals surface area contributed by atoms with E-state index in [-0.39, 0.29) is 16.6 Å². The van der Waals surface area contributed by atoms with Gasteiger partial charge in [0, 0.05) is 24.0 Å². The number of carbonyl (C=O) groups is 1. The summed E-state index contributed by atoms with van der Waals surface area (Å²) in [5.41, 5.74) is -0.289. The molecule has 0 fully saturated rings. The molecular formula is C18H23F2N2O4+. The number of phenols is 1. The summed E-state index contributed by atoms with van der Waals surface area (Å²) in [7, 11) is 2.40. The number of aromatic nitrogens is 1. The summed E-state index contributed by atoms with van der Waals surface area (Å²) in [6, 6.07) is 4.26. The smallest absolute Gasteiger partial charge is 0.355 e. The quantitative estimate of drug-likeness (QED) is 0.494. The fourth-order valence-corrected chi connectivity index (χ4v) is 1.77. The summed E-state index contributed by atoms with van der Waals surface area (Å²) < 4.78 is 32.6. The number of benzene rings is 1. The van der Waals surface area contributed by atoms with Crippen molar-refractivity contribution in [3.05, 3.63) is 59.2 Å². The van der Waals surface area contributed by atoms with Gasteiger partial charge in [0.05, 0.1) is 12.5 Å². The zero-order valence-electron chi connectivity index (χ0n) is 15.0. The van der Waals surface area contributed by atoms with E-state index in [4.69, 9.17) is 10.5 Å². The van der Waals surface area contributed by atoms with E-state index < -0.39 is 23.4 Å². The lowest BCUT2D eigenvalue weighted by Crippen LogP contribution is -2.12. The van der Waals surface area contributed by atoms with Crippen molar-refractivity contribution in [2.45, 2.75) is 13.8 Å². The van der Waals surface area contributed by atoms with Crippen LogP contribution in [-0.4, -0.2) is 35.0 Å². The van der Waals surface area contributed by atoms with Gasteiger partial charge in [-0.05, 0) is 24.3 Å². The zero-order chi connectivity index (χ0) is 20.3. The van der Waals surface area contributed by atoms with E-state index in [0.29, 0.717) is 6.07 Å². The highest BCUT2D eigenvalue weighted by Gasteiger charge is 2.15. The maximum atomic E-state index is 13.4. The third kappa shape index (κ3) is 6.14. The first-order chi connectivity index (χ1) is 12.4. The molecule has 2 rings (SSSR count). The Morgan fingerprint density at radius 1 is 1.23 bits per heavy atom. The van der Waals surface area contributed by atoms with E-state index in [0.717, 1.165) is 19.3 Å². The van der Waals surface area contributed by atoms with Gasteiger partial charge in [-0.25, -0.2) is 13.6 Å². The van der Waals surface area contributed by atoms with Crippen LogP contribution < -0.4 is 5.36 Å². The van der Waals surface area contributed by atoms with Crippen LogP contribution in [0.3, 0.4) is 0 Å². The summed E-state index contributed by atoms with van der Waals surface area (Å²) in [6.07, 6.45) is 3.92. The van der Waals surface area contributed by atoms with Crippen LogP contribution in [0.15, 0.2) is 36.7 Å². The molecule has 1 aromatic heterocycles. The number of ether oxygens (including phenoxy) is 1. The van der Waals surface area contributed by atoms with Crippen LogP contribution in [0.5, 0.6) is 5.75 Å². The first-order valence-electron chi connectivity index (χ1n) is 7.63. The molecule has 0 aliphatic rings. The molecule has 0 aliphatic carbocycles. The molecule has 8 heteroatoms. The molecule has 0 unspecified atom stereocenters. The summed E-state index contributed by atoms with van der Waals surface area (Å²) in [4.78, 5) is 11.9. The predicted octanol–water partition coefficient (Wildman–Crippen LogP) is 2.49. The number of halogens is 2. The lowest BCUT2D eigenvalue weighted by atomic mass is 10.1. The number of pyridine rings is 1. The van der Waals surface area contributed by atoms with Crippen LogP contribution in [0.1, 0.15) is 19.4 Å². The standard InChI is InChI=1S/C15H12F2N2O3.C2H6.CH4O/c1-22-15(21)13(19-4-2-11(18)3-5-19)7-9-6-10(16)8-12(17)14(9)20;2*1-2/h2-8,18,20H,1H3;1-2H3;2H,1H3/p+1/b13-7+;;. The third-order valence-electron chi connectivity index (χ3n) is 2.85. The van der Waals surface area contributed by atoms with Gasteiger partial charge in [-0.2, -0.15) is 0 Å². The Balaban J connectivity index is 0.00000146. The van der Waals surface area contributed by atoms with Crippen molar-refractivity contribution in [1.29, 1.82) is 5.41 Å². The average molecular weight is 369 g/mol. The van der Waals surface area contributed by atoms with Gasteiger partial charge in [0.1, 0.15) is 18.6 Å². The van der Waals surface area contributed by atoms with E-state index in [1.165, 1.54) is 36.2 Å². The maximum Gasteiger partial charge on any atom is 0.355 e. The van der Waals surface area contributed by atoms with Gasteiger partial charge >= 0.3 is 5.97 Å². The molecule has 0 radical (unpaired) electrons. The molecule has 0 bridgehead atoms. The van der Waals surface area contributed by atoms with Crippen molar-refractivity contribution in [3.63, 3.8) is 0 Å². The van der Waals surface area contributed by atoms with E-state index in [1.807, 2.05) is 13.8 Å². The van der Waals surface area contributed by atoms with Crippen LogP contribution in [0.2, 0.25) is 0 Å². The van der Waals surface area contributed by atoms with Crippen molar-refractivity contribution in [3.8, 4) is 5.75 Å². The summed E-state index contributed by atoms with van der Waals surface area (Å²) >= 11 is 0. The van der Waals surface area contributed by atoms with E-state index in [9.17, 15) is 18.7 Å². The topological polar surface area (TPSA) is 98.2 Å². The molecule has 0 aliphatic heterocycles. The maximum absolute atomic E-state index is 13.4. The highest BCUT2D eigenvalue weighted by molar-refractivity contribution is 6.15. The molecular weight excluding hydrogens is 346 g/mol. The number of esters is 1. The number of aromatic hydroxyl groups is 1. The molecule has 0 spiro atoms. The lowest BCUT2D eigenvalue weighted by molar-refractivity contribution is -0.134. The van der Waals surface area contributed by atoms with Crippen molar-refractivity contribution in [2.24, 2.45) is 0 Å². The second kappa shape index (κ2) is 11.5. The van der Waals surface area contributed by atoms with Gasteiger partial charge in [0.25, 0.3) is 0 Å². The minimum Gasteiger partial charge on any atom is -0.504 e. The SMILES string of the molecule is CC.COC(=O)/C(=C\c1cc(F)cc(F)c1O)n1ccc(=N)cc1.C[OH2+]. The second-order valence-corrected chi connectivity index (χ2v) is 4.34. The van der Waals surface area contributed by atoms with Gasteiger partial charge in [-0.15, -0.1) is 0 Å². The number of nitrogens with zero attached hydrogens (tertiary/aromatic N) is 1. The molecule has 0 amide bonds. The van der Waals surface area contributed by atoms with E-state index in [1.54, 1.807) is 0 Å². The van der Waals surface area contributed by atoms with E-state index in [2.05, 4.69) is 4.74 Å². The predicted molar refractivity (Wildman–Crippen MR) is 95.4 cm³/mol. The number of methoxy groups -OCH3 is 1. The minimum atomic E-state index is -1.14. The Morgan fingerprint density at radius 2 is 1.77 bits per heavy atom.